The Morgan fingerprint density at radius 2 is 1.80 bits per heavy atom. The summed E-state index contributed by atoms with van der Waals surface area (Å²) in [7, 11) is 0. The fraction of sp³-hybridized carbons (Fsp3) is 0.200. The molecule has 5 heteroatoms. The molecule has 2 aromatic rings. The second-order valence-electron chi connectivity index (χ2n) is 4.37. The normalized spacial score (nSPS) is 12.4. The zero-order valence-electron chi connectivity index (χ0n) is 10.7. The van der Waals surface area contributed by atoms with Crippen LogP contribution in [0.25, 0.3) is 0 Å². The molecule has 0 fully saturated rings. The van der Waals surface area contributed by atoms with Crippen molar-refractivity contribution in [2.75, 3.05) is 5.75 Å². The number of halogens is 3. The van der Waals surface area contributed by atoms with Crippen LogP contribution in [0, 0.1) is 18.6 Å². The standard InChI is InChI=1S/C15H13BrF2OS/c1-9-2-7-12(17)14(15(9)18)13(19)8-20-11-5-3-10(16)4-6-11/h2-7,13,19H,8H2,1H3. The van der Waals surface area contributed by atoms with E-state index in [0.717, 1.165) is 9.37 Å². The molecule has 0 aliphatic heterocycles. The van der Waals surface area contributed by atoms with Crippen LogP contribution < -0.4 is 0 Å². The van der Waals surface area contributed by atoms with Gasteiger partial charge in [0.05, 0.1) is 11.7 Å². The molecule has 2 rings (SSSR count). The van der Waals surface area contributed by atoms with Gasteiger partial charge in [-0.1, -0.05) is 22.0 Å². The molecule has 2 aromatic carbocycles. The summed E-state index contributed by atoms with van der Waals surface area (Å²) in [6, 6.07) is 10.1. The van der Waals surface area contributed by atoms with Crippen molar-refractivity contribution in [2.24, 2.45) is 0 Å². The van der Waals surface area contributed by atoms with Crippen LogP contribution in [0.2, 0.25) is 0 Å². The highest BCUT2D eigenvalue weighted by Crippen LogP contribution is 2.29. The maximum atomic E-state index is 13.9. The molecule has 0 amide bonds. The fourth-order valence-electron chi connectivity index (χ4n) is 1.77. The molecule has 0 aliphatic rings. The van der Waals surface area contributed by atoms with Gasteiger partial charge in [-0.25, -0.2) is 8.78 Å². The van der Waals surface area contributed by atoms with Gasteiger partial charge in [-0.05, 0) is 42.8 Å². The minimum Gasteiger partial charge on any atom is -0.387 e. The summed E-state index contributed by atoms with van der Waals surface area (Å²) < 4.78 is 28.5. The maximum Gasteiger partial charge on any atom is 0.134 e. The molecule has 0 saturated carbocycles. The second-order valence-corrected chi connectivity index (χ2v) is 6.38. The van der Waals surface area contributed by atoms with Gasteiger partial charge < -0.3 is 5.11 Å². The van der Waals surface area contributed by atoms with E-state index < -0.39 is 17.7 Å². The molecule has 106 valence electrons. The van der Waals surface area contributed by atoms with E-state index in [9.17, 15) is 13.9 Å². The van der Waals surface area contributed by atoms with Gasteiger partial charge >= 0.3 is 0 Å². The highest BCUT2D eigenvalue weighted by Gasteiger charge is 2.19. The highest BCUT2D eigenvalue weighted by molar-refractivity contribution is 9.10. The van der Waals surface area contributed by atoms with Crippen molar-refractivity contribution in [3.63, 3.8) is 0 Å². The minimum absolute atomic E-state index is 0.193. The Kier molecular flexibility index (Phi) is 5.18. The van der Waals surface area contributed by atoms with E-state index >= 15 is 0 Å². The molecule has 1 atom stereocenters. The van der Waals surface area contributed by atoms with Gasteiger partial charge in [-0.15, -0.1) is 11.8 Å². The third-order valence-electron chi connectivity index (χ3n) is 2.87. The van der Waals surface area contributed by atoms with Crippen LogP contribution in [0.4, 0.5) is 8.78 Å². The zero-order valence-corrected chi connectivity index (χ0v) is 13.1. The van der Waals surface area contributed by atoms with E-state index in [4.69, 9.17) is 0 Å². The predicted molar refractivity (Wildman–Crippen MR) is 80.9 cm³/mol. The van der Waals surface area contributed by atoms with E-state index in [-0.39, 0.29) is 11.3 Å². The number of rotatable bonds is 4. The Labute approximate surface area is 129 Å². The van der Waals surface area contributed by atoms with Gasteiger partial charge in [0.1, 0.15) is 11.6 Å². The highest BCUT2D eigenvalue weighted by atomic mass is 79.9. The first-order valence-electron chi connectivity index (χ1n) is 6.00. The lowest BCUT2D eigenvalue weighted by Crippen LogP contribution is -2.08. The molecule has 0 radical (unpaired) electrons. The number of benzene rings is 2. The molecule has 0 bridgehead atoms. The van der Waals surface area contributed by atoms with E-state index in [1.807, 2.05) is 24.3 Å². The van der Waals surface area contributed by atoms with Gasteiger partial charge in [-0.3, -0.25) is 0 Å². The number of aliphatic hydroxyl groups is 1. The Balaban J connectivity index is 2.11. The van der Waals surface area contributed by atoms with Crippen molar-refractivity contribution < 1.29 is 13.9 Å². The number of hydrogen-bond donors (Lipinski definition) is 1. The predicted octanol–water partition coefficient (Wildman–Crippen LogP) is 4.86. The van der Waals surface area contributed by atoms with Crippen LogP contribution in [0.3, 0.4) is 0 Å². The third-order valence-corrected chi connectivity index (χ3v) is 4.49. The first kappa shape index (κ1) is 15.5. The summed E-state index contributed by atoms with van der Waals surface area (Å²) in [4.78, 5) is 0.931. The summed E-state index contributed by atoms with van der Waals surface area (Å²) in [6.45, 7) is 1.55. The first-order chi connectivity index (χ1) is 9.49. The quantitative estimate of drug-likeness (QED) is 0.787. The Morgan fingerprint density at radius 1 is 1.15 bits per heavy atom. The van der Waals surface area contributed by atoms with Gasteiger partial charge in [0.15, 0.2) is 0 Å². The SMILES string of the molecule is Cc1ccc(F)c(C(O)CSc2ccc(Br)cc2)c1F. The van der Waals surface area contributed by atoms with E-state index in [0.29, 0.717) is 5.56 Å². The van der Waals surface area contributed by atoms with Crippen molar-refractivity contribution in [3.8, 4) is 0 Å². The zero-order chi connectivity index (χ0) is 14.7. The molecule has 1 nitrogen and oxygen atoms in total. The molecule has 1 unspecified atom stereocenters. The van der Waals surface area contributed by atoms with Crippen molar-refractivity contribution in [1.29, 1.82) is 0 Å². The van der Waals surface area contributed by atoms with Crippen molar-refractivity contribution in [2.45, 2.75) is 17.9 Å². The minimum atomic E-state index is -1.18. The van der Waals surface area contributed by atoms with Crippen molar-refractivity contribution in [3.05, 3.63) is 63.6 Å². The molecule has 0 heterocycles. The Morgan fingerprint density at radius 3 is 2.45 bits per heavy atom. The molecule has 20 heavy (non-hydrogen) atoms. The summed E-state index contributed by atoms with van der Waals surface area (Å²) in [6.07, 6.45) is -1.18. The molecule has 0 aliphatic carbocycles. The average Bonchev–Trinajstić information content (AvgIpc) is 2.43. The number of aliphatic hydroxyl groups excluding tert-OH is 1. The topological polar surface area (TPSA) is 20.2 Å². The molecule has 0 spiro atoms. The number of aryl methyl sites for hydroxylation is 1. The van der Waals surface area contributed by atoms with Crippen LogP contribution in [0.1, 0.15) is 17.2 Å². The molecular formula is C15H13BrF2OS. The van der Waals surface area contributed by atoms with Crippen molar-refractivity contribution in [1.82, 2.24) is 0 Å². The van der Waals surface area contributed by atoms with Crippen LogP contribution >= 0.6 is 27.7 Å². The van der Waals surface area contributed by atoms with Crippen LogP contribution in [-0.2, 0) is 0 Å². The maximum absolute atomic E-state index is 13.9. The lowest BCUT2D eigenvalue weighted by atomic mass is 10.1. The molecule has 1 N–H and O–H groups in total. The largest absolute Gasteiger partial charge is 0.387 e. The average molecular weight is 359 g/mol. The summed E-state index contributed by atoms with van der Waals surface area (Å²) in [5.41, 5.74) is 0.0729. The third kappa shape index (κ3) is 3.59. The molecular weight excluding hydrogens is 346 g/mol. The van der Waals surface area contributed by atoms with Gasteiger partial charge in [-0.2, -0.15) is 0 Å². The smallest absolute Gasteiger partial charge is 0.134 e. The Hall–Kier alpha value is -0.910. The second kappa shape index (κ2) is 6.70. The summed E-state index contributed by atoms with van der Waals surface area (Å²) in [5.74, 6) is -1.19. The monoisotopic (exact) mass is 358 g/mol. The Bertz CT molecular complexity index is 602. The molecule has 0 saturated heterocycles. The summed E-state index contributed by atoms with van der Waals surface area (Å²) >= 11 is 4.68. The lowest BCUT2D eigenvalue weighted by molar-refractivity contribution is 0.193. The van der Waals surface area contributed by atoms with Crippen LogP contribution in [-0.4, -0.2) is 10.9 Å². The van der Waals surface area contributed by atoms with Crippen molar-refractivity contribution >= 4 is 27.7 Å². The van der Waals surface area contributed by atoms with Gasteiger partial charge in [0, 0.05) is 15.1 Å². The lowest BCUT2D eigenvalue weighted by Gasteiger charge is -2.14. The number of hydrogen-bond acceptors (Lipinski definition) is 2. The van der Waals surface area contributed by atoms with Crippen LogP contribution in [0.15, 0.2) is 45.8 Å². The molecule has 0 aromatic heterocycles. The fourth-order valence-corrected chi connectivity index (χ4v) is 2.88. The van der Waals surface area contributed by atoms with Gasteiger partial charge in [0.25, 0.3) is 0 Å². The van der Waals surface area contributed by atoms with E-state index in [1.165, 1.54) is 23.9 Å². The van der Waals surface area contributed by atoms with Crippen LogP contribution in [0.5, 0.6) is 0 Å². The summed E-state index contributed by atoms with van der Waals surface area (Å²) in [5, 5.41) is 10.0. The van der Waals surface area contributed by atoms with E-state index in [2.05, 4.69) is 15.9 Å². The van der Waals surface area contributed by atoms with Gasteiger partial charge in [0.2, 0.25) is 0 Å². The van der Waals surface area contributed by atoms with E-state index in [1.54, 1.807) is 6.92 Å². The number of thioether (sulfide) groups is 1. The first-order valence-corrected chi connectivity index (χ1v) is 7.78.